The SMILES string of the molecule is O=C(c1ccc(O)cc1O)N1CCCC2(C1)OCCO2. The summed E-state index contributed by atoms with van der Waals surface area (Å²) in [6, 6.07) is 3.97. The summed E-state index contributed by atoms with van der Waals surface area (Å²) in [4.78, 5) is 14.1. The van der Waals surface area contributed by atoms with Crippen LogP contribution in [0.4, 0.5) is 0 Å². The molecule has 2 heterocycles. The van der Waals surface area contributed by atoms with E-state index < -0.39 is 5.79 Å². The molecule has 1 spiro atoms. The number of likely N-dealkylation sites (tertiary alicyclic amines) is 1. The zero-order chi connectivity index (χ0) is 14.2. The molecule has 2 fully saturated rings. The Kier molecular flexibility index (Phi) is 3.27. The van der Waals surface area contributed by atoms with Crippen molar-refractivity contribution in [1.29, 1.82) is 0 Å². The zero-order valence-electron chi connectivity index (χ0n) is 11.0. The molecule has 2 aliphatic rings. The van der Waals surface area contributed by atoms with Gasteiger partial charge in [0.1, 0.15) is 11.5 Å². The number of nitrogens with zero attached hydrogens (tertiary/aromatic N) is 1. The van der Waals surface area contributed by atoms with Gasteiger partial charge in [-0.25, -0.2) is 0 Å². The first-order chi connectivity index (χ1) is 9.60. The van der Waals surface area contributed by atoms with Gasteiger partial charge in [-0.3, -0.25) is 4.79 Å². The van der Waals surface area contributed by atoms with E-state index in [4.69, 9.17) is 9.47 Å². The van der Waals surface area contributed by atoms with Crippen molar-refractivity contribution in [3.63, 3.8) is 0 Å². The smallest absolute Gasteiger partial charge is 0.257 e. The lowest BCUT2D eigenvalue weighted by Gasteiger charge is -2.38. The molecule has 108 valence electrons. The van der Waals surface area contributed by atoms with Crippen molar-refractivity contribution < 1.29 is 24.5 Å². The van der Waals surface area contributed by atoms with Crippen molar-refractivity contribution >= 4 is 5.91 Å². The van der Waals surface area contributed by atoms with E-state index in [1.807, 2.05) is 0 Å². The Morgan fingerprint density at radius 1 is 1.25 bits per heavy atom. The van der Waals surface area contributed by atoms with Gasteiger partial charge in [0.15, 0.2) is 5.79 Å². The highest BCUT2D eigenvalue weighted by molar-refractivity contribution is 5.97. The van der Waals surface area contributed by atoms with Crippen LogP contribution in [-0.2, 0) is 9.47 Å². The van der Waals surface area contributed by atoms with Crippen LogP contribution >= 0.6 is 0 Å². The monoisotopic (exact) mass is 279 g/mol. The zero-order valence-corrected chi connectivity index (χ0v) is 11.0. The van der Waals surface area contributed by atoms with E-state index in [1.165, 1.54) is 12.1 Å². The Morgan fingerprint density at radius 2 is 2.00 bits per heavy atom. The van der Waals surface area contributed by atoms with Crippen LogP contribution in [0.2, 0.25) is 0 Å². The van der Waals surface area contributed by atoms with Crippen molar-refractivity contribution in [2.24, 2.45) is 0 Å². The molecule has 2 saturated heterocycles. The number of phenols is 2. The third kappa shape index (κ3) is 2.32. The van der Waals surface area contributed by atoms with Crippen LogP contribution in [0.15, 0.2) is 18.2 Å². The van der Waals surface area contributed by atoms with Crippen LogP contribution in [0.25, 0.3) is 0 Å². The molecule has 2 aliphatic heterocycles. The lowest BCUT2D eigenvalue weighted by atomic mass is 10.0. The molecule has 0 bridgehead atoms. The number of carbonyl (C=O) groups is 1. The number of piperidine rings is 1. The van der Waals surface area contributed by atoms with E-state index in [0.717, 1.165) is 18.9 Å². The predicted molar refractivity (Wildman–Crippen MR) is 69.5 cm³/mol. The molecule has 6 nitrogen and oxygen atoms in total. The molecule has 1 aromatic rings. The molecule has 2 N–H and O–H groups in total. The second-order valence-electron chi connectivity index (χ2n) is 5.14. The van der Waals surface area contributed by atoms with Crippen molar-refractivity contribution in [2.45, 2.75) is 18.6 Å². The molecule has 0 radical (unpaired) electrons. The van der Waals surface area contributed by atoms with Gasteiger partial charge in [0.25, 0.3) is 5.91 Å². The Morgan fingerprint density at radius 3 is 2.70 bits per heavy atom. The molecule has 0 atom stereocenters. The van der Waals surface area contributed by atoms with Crippen LogP contribution in [0.5, 0.6) is 11.5 Å². The standard InChI is InChI=1S/C14H17NO5/c16-10-2-3-11(12(17)8-10)13(18)15-5-1-4-14(9-15)19-6-7-20-14/h2-3,8,16-17H,1,4-7,9H2. The van der Waals surface area contributed by atoms with Gasteiger partial charge in [-0.05, 0) is 18.6 Å². The summed E-state index contributed by atoms with van der Waals surface area (Å²) < 4.78 is 11.3. The molecule has 20 heavy (non-hydrogen) atoms. The Balaban J connectivity index is 1.79. The van der Waals surface area contributed by atoms with Crippen molar-refractivity contribution in [3.05, 3.63) is 23.8 Å². The van der Waals surface area contributed by atoms with E-state index in [0.29, 0.717) is 26.3 Å². The Labute approximate surface area is 116 Å². The van der Waals surface area contributed by atoms with Gasteiger partial charge in [-0.15, -0.1) is 0 Å². The van der Waals surface area contributed by atoms with Gasteiger partial charge >= 0.3 is 0 Å². The van der Waals surface area contributed by atoms with E-state index in [2.05, 4.69) is 0 Å². The number of benzene rings is 1. The second-order valence-corrected chi connectivity index (χ2v) is 5.14. The molecule has 0 aliphatic carbocycles. The van der Waals surface area contributed by atoms with Gasteiger partial charge in [0, 0.05) is 19.0 Å². The van der Waals surface area contributed by atoms with Crippen molar-refractivity contribution in [2.75, 3.05) is 26.3 Å². The highest BCUT2D eigenvalue weighted by atomic mass is 16.7. The van der Waals surface area contributed by atoms with E-state index in [9.17, 15) is 15.0 Å². The number of phenolic OH excluding ortho intramolecular Hbond substituents is 2. The van der Waals surface area contributed by atoms with E-state index in [-0.39, 0.29) is 23.0 Å². The fourth-order valence-corrected chi connectivity index (χ4v) is 2.77. The summed E-state index contributed by atoms with van der Waals surface area (Å²) in [5.74, 6) is -1.25. The van der Waals surface area contributed by atoms with Crippen LogP contribution < -0.4 is 0 Å². The second kappa shape index (κ2) is 4.96. The third-order valence-corrected chi connectivity index (χ3v) is 3.73. The maximum absolute atomic E-state index is 12.4. The molecule has 1 aromatic carbocycles. The van der Waals surface area contributed by atoms with Crippen molar-refractivity contribution in [3.8, 4) is 11.5 Å². The van der Waals surface area contributed by atoms with Gasteiger partial charge in [-0.2, -0.15) is 0 Å². The molecular weight excluding hydrogens is 262 g/mol. The summed E-state index contributed by atoms with van der Waals surface area (Å²) >= 11 is 0. The predicted octanol–water partition coefficient (Wildman–Crippen LogP) is 1.08. The minimum Gasteiger partial charge on any atom is -0.508 e. The lowest BCUT2D eigenvalue weighted by molar-refractivity contribution is -0.183. The van der Waals surface area contributed by atoms with E-state index >= 15 is 0 Å². The number of rotatable bonds is 1. The summed E-state index contributed by atoms with van der Waals surface area (Å²) in [5.41, 5.74) is 0.179. The fourth-order valence-electron chi connectivity index (χ4n) is 2.77. The topological polar surface area (TPSA) is 79.2 Å². The first-order valence-corrected chi connectivity index (χ1v) is 6.69. The van der Waals surface area contributed by atoms with Crippen LogP contribution in [0.3, 0.4) is 0 Å². The molecule has 3 rings (SSSR count). The molecule has 0 aromatic heterocycles. The van der Waals surface area contributed by atoms with Gasteiger partial charge < -0.3 is 24.6 Å². The fraction of sp³-hybridized carbons (Fsp3) is 0.500. The first kappa shape index (κ1) is 13.2. The number of hydrogen-bond donors (Lipinski definition) is 2. The number of ether oxygens (including phenoxy) is 2. The summed E-state index contributed by atoms with van der Waals surface area (Å²) in [6.45, 7) is 2.07. The molecular formula is C14H17NO5. The quantitative estimate of drug-likeness (QED) is 0.804. The van der Waals surface area contributed by atoms with Gasteiger partial charge in [-0.1, -0.05) is 0 Å². The van der Waals surface area contributed by atoms with Crippen LogP contribution in [-0.4, -0.2) is 53.1 Å². The van der Waals surface area contributed by atoms with Crippen LogP contribution in [0, 0.1) is 0 Å². The molecule has 1 amide bonds. The van der Waals surface area contributed by atoms with E-state index in [1.54, 1.807) is 4.90 Å². The minimum atomic E-state index is -0.680. The van der Waals surface area contributed by atoms with Gasteiger partial charge in [0.2, 0.25) is 0 Å². The average Bonchev–Trinajstić information content (AvgIpc) is 2.86. The maximum Gasteiger partial charge on any atom is 0.257 e. The largest absolute Gasteiger partial charge is 0.508 e. The first-order valence-electron chi connectivity index (χ1n) is 6.69. The highest BCUT2D eigenvalue weighted by Crippen LogP contribution is 2.32. The molecule has 0 unspecified atom stereocenters. The number of hydrogen-bond acceptors (Lipinski definition) is 5. The third-order valence-electron chi connectivity index (χ3n) is 3.73. The maximum atomic E-state index is 12.4. The summed E-state index contributed by atoms with van der Waals surface area (Å²) in [6.07, 6.45) is 1.57. The highest BCUT2D eigenvalue weighted by Gasteiger charge is 2.42. The number of carbonyl (C=O) groups excluding carboxylic acids is 1. The number of amides is 1. The summed E-state index contributed by atoms with van der Waals surface area (Å²) in [5, 5.41) is 19.1. The Hall–Kier alpha value is -1.79. The average molecular weight is 279 g/mol. The van der Waals surface area contributed by atoms with Gasteiger partial charge in [0.05, 0.1) is 25.3 Å². The minimum absolute atomic E-state index is 0.0726. The summed E-state index contributed by atoms with van der Waals surface area (Å²) in [7, 11) is 0. The Bertz CT molecular complexity index is 524. The number of aromatic hydroxyl groups is 2. The molecule has 6 heteroatoms. The van der Waals surface area contributed by atoms with Crippen molar-refractivity contribution in [1.82, 2.24) is 4.90 Å². The van der Waals surface area contributed by atoms with Crippen LogP contribution in [0.1, 0.15) is 23.2 Å². The lowest BCUT2D eigenvalue weighted by Crippen LogP contribution is -2.51. The normalized spacial score (nSPS) is 21.3. The molecule has 0 saturated carbocycles.